The van der Waals surface area contributed by atoms with Crippen molar-refractivity contribution < 1.29 is 50.2 Å². The number of ether oxygens (including phenoxy) is 3. The number of halogens is 5. The van der Waals surface area contributed by atoms with Gasteiger partial charge in [0.05, 0.1) is 13.2 Å². The van der Waals surface area contributed by atoms with Crippen LogP contribution in [0.3, 0.4) is 0 Å². The number of hydrogen-bond donors (Lipinski definition) is 2. The van der Waals surface area contributed by atoms with Crippen LogP contribution in [0.5, 0.6) is 5.75 Å². The minimum absolute atomic E-state index is 0.00955. The number of pyridine rings is 1. The topological polar surface area (TPSA) is 122 Å². The third-order valence-corrected chi connectivity index (χ3v) is 13.5. The number of carbonyl (C=O) groups excluding carboxylic acids is 2. The Hall–Kier alpha value is -3.14. The number of nitrogens with zero attached hydrogens (tertiary/aromatic N) is 1. The first kappa shape index (κ1) is 37.3. The first-order valence-corrected chi connectivity index (χ1v) is 17.6. The van der Waals surface area contributed by atoms with Crippen molar-refractivity contribution in [1.82, 2.24) is 4.98 Å². The summed E-state index contributed by atoms with van der Waals surface area (Å²) in [4.78, 5) is 28.9. The third kappa shape index (κ3) is 7.86. The Bertz CT molecular complexity index is 1420. The molecule has 0 saturated carbocycles. The van der Waals surface area contributed by atoms with Gasteiger partial charge in [-0.1, -0.05) is 33.8 Å². The molecule has 1 fully saturated rings. The zero-order valence-corrected chi connectivity index (χ0v) is 28.2. The lowest BCUT2D eigenvalue weighted by Gasteiger charge is -2.37. The Morgan fingerprint density at radius 3 is 2.35 bits per heavy atom. The zero-order valence-electron chi connectivity index (χ0n) is 27.2. The highest BCUT2D eigenvalue weighted by atomic mass is 28.4. The van der Waals surface area contributed by atoms with E-state index < -0.39 is 73.2 Å². The van der Waals surface area contributed by atoms with Crippen molar-refractivity contribution in [3.63, 3.8) is 0 Å². The van der Waals surface area contributed by atoms with E-state index in [-0.39, 0.29) is 41.8 Å². The van der Waals surface area contributed by atoms with E-state index in [4.69, 9.17) is 24.4 Å². The summed E-state index contributed by atoms with van der Waals surface area (Å²) < 4.78 is 96.2. The van der Waals surface area contributed by atoms with E-state index >= 15 is 4.39 Å². The average molecular weight is 676 g/mol. The van der Waals surface area contributed by atoms with Crippen molar-refractivity contribution in [1.29, 1.82) is 0 Å². The van der Waals surface area contributed by atoms with Crippen molar-refractivity contribution in [3.05, 3.63) is 53.4 Å². The second-order valence-electron chi connectivity index (χ2n) is 13.2. The van der Waals surface area contributed by atoms with Gasteiger partial charge in [-0.2, -0.15) is 17.6 Å². The molecule has 15 heteroatoms. The molecule has 2 amide bonds. The highest BCUT2D eigenvalue weighted by Crippen LogP contribution is 2.55. The molecule has 1 aromatic heterocycles. The van der Waals surface area contributed by atoms with Crippen LogP contribution >= 0.6 is 0 Å². The predicted octanol–water partition coefficient (Wildman–Crippen LogP) is 6.20. The summed E-state index contributed by atoms with van der Waals surface area (Å²) in [5.41, 5.74) is 2.02. The number of amides is 2. The maximum absolute atomic E-state index is 15.5. The minimum atomic E-state index is -4.94. The van der Waals surface area contributed by atoms with E-state index in [1.807, 2.05) is 13.1 Å². The quantitative estimate of drug-likeness (QED) is 0.203. The van der Waals surface area contributed by atoms with Gasteiger partial charge in [0.25, 0.3) is 11.8 Å². The zero-order chi connectivity index (χ0) is 34.8. The van der Waals surface area contributed by atoms with Crippen molar-refractivity contribution in [2.75, 3.05) is 32.2 Å². The molecule has 0 bridgehead atoms. The standard InChI is InChI=1S/C31H42F5N3O6Si/c1-17-23(26(45-30(17,5)31(34,35)36)28(41)39-19-11-12-38-22(13-19)27(37)40)20-9-10-21(32)24(33)25(20)43-15-18(14-42-6)16-44-46(7,8)29(2,3)4/h9-13,17-18,23,26H,14-16H2,1-8H3,(H2,37,40)(H,38,39,41)/t17-,18?,23-,26+,30+/m0/s1. The molecule has 1 unspecified atom stereocenters. The molecule has 0 radical (unpaired) electrons. The van der Waals surface area contributed by atoms with Crippen LogP contribution in [0.15, 0.2) is 30.5 Å². The molecule has 0 spiro atoms. The van der Waals surface area contributed by atoms with E-state index in [9.17, 15) is 27.2 Å². The number of nitrogens with one attached hydrogen (secondary N) is 1. The smallest absolute Gasteiger partial charge is 0.417 e. The molecule has 256 valence electrons. The molecule has 2 aromatic rings. The second-order valence-corrected chi connectivity index (χ2v) is 18.0. The number of primary amides is 1. The highest BCUT2D eigenvalue weighted by Gasteiger charge is 2.66. The summed E-state index contributed by atoms with van der Waals surface area (Å²) in [6.45, 7) is 12.4. The SMILES string of the molecule is COCC(COc1c([C@H]2[C@H](C(=O)Nc3ccnc(C(N)=O)c3)O[C@@](C)(C(F)(F)F)[C@H]2C)ccc(F)c1F)CO[Si](C)(C)C(C)(C)C. The Kier molecular flexibility index (Phi) is 11.3. The fourth-order valence-corrected chi connectivity index (χ4v) is 6.05. The predicted molar refractivity (Wildman–Crippen MR) is 163 cm³/mol. The Morgan fingerprint density at radius 1 is 1.13 bits per heavy atom. The molecule has 3 rings (SSSR count). The van der Waals surface area contributed by atoms with Gasteiger partial charge in [0, 0.05) is 48.9 Å². The number of benzene rings is 1. The van der Waals surface area contributed by atoms with Gasteiger partial charge in [0.15, 0.2) is 25.5 Å². The van der Waals surface area contributed by atoms with Crippen LogP contribution in [0.4, 0.5) is 27.6 Å². The highest BCUT2D eigenvalue weighted by molar-refractivity contribution is 6.74. The van der Waals surface area contributed by atoms with Crippen LogP contribution in [0.1, 0.15) is 56.6 Å². The van der Waals surface area contributed by atoms with Crippen molar-refractivity contribution in [2.45, 2.75) is 76.6 Å². The molecule has 1 aliphatic rings. The normalized spacial score (nSPS) is 22.8. The molecule has 1 aromatic carbocycles. The summed E-state index contributed by atoms with van der Waals surface area (Å²) in [5, 5.41) is 2.32. The molecule has 1 saturated heterocycles. The summed E-state index contributed by atoms with van der Waals surface area (Å²) in [7, 11) is -0.747. The van der Waals surface area contributed by atoms with Crippen LogP contribution in [0.2, 0.25) is 18.1 Å². The fourth-order valence-electron chi connectivity index (χ4n) is 4.96. The molecular formula is C31H42F5N3O6Si. The van der Waals surface area contributed by atoms with E-state index in [1.165, 1.54) is 26.3 Å². The number of aromatic nitrogens is 1. The fraction of sp³-hybridized carbons (Fsp3) is 0.581. The second kappa shape index (κ2) is 13.9. The molecule has 2 heterocycles. The summed E-state index contributed by atoms with van der Waals surface area (Å²) in [5.74, 6) is -8.64. The van der Waals surface area contributed by atoms with E-state index in [2.05, 4.69) is 31.1 Å². The number of nitrogens with two attached hydrogens (primary N) is 1. The lowest BCUT2D eigenvalue weighted by molar-refractivity contribution is -0.272. The maximum Gasteiger partial charge on any atom is 0.417 e. The van der Waals surface area contributed by atoms with Crippen LogP contribution in [0, 0.1) is 23.5 Å². The summed E-state index contributed by atoms with van der Waals surface area (Å²) >= 11 is 0. The van der Waals surface area contributed by atoms with Crippen LogP contribution in [0.25, 0.3) is 0 Å². The lowest BCUT2D eigenvalue weighted by atomic mass is 9.77. The first-order chi connectivity index (χ1) is 21.1. The number of hydrogen-bond acceptors (Lipinski definition) is 7. The Balaban J connectivity index is 2.01. The van der Waals surface area contributed by atoms with Crippen molar-refractivity contribution >= 4 is 25.8 Å². The van der Waals surface area contributed by atoms with E-state index in [0.29, 0.717) is 0 Å². The van der Waals surface area contributed by atoms with Gasteiger partial charge >= 0.3 is 6.18 Å². The first-order valence-electron chi connectivity index (χ1n) is 14.7. The molecule has 9 nitrogen and oxygen atoms in total. The molecule has 5 atom stereocenters. The largest absolute Gasteiger partial charge is 0.490 e. The molecule has 0 aliphatic carbocycles. The molecule has 3 N–H and O–H groups in total. The lowest BCUT2D eigenvalue weighted by Crippen LogP contribution is -2.47. The van der Waals surface area contributed by atoms with Gasteiger partial charge < -0.3 is 29.7 Å². The van der Waals surface area contributed by atoms with E-state index in [0.717, 1.165) is 25.1 Å². The third-order valence-electron chi connectivity index (χ3n) is 9.00. The minimum Gasteiger partial charge on any atom is -0.490 e. The molecular weight excluding hydrogens is 633 g/mol. The van der Waals surface area contributed by atoms with Crippen LogP contribution < -0.4 is 15.8 Å². The van der Waals surface area contributed by atoms with Crippen molar-refractivity contribution in [2.24, 2.45) is 17.6 Å². The van der Waals surface area contributed by atoms with Gasteiger partial charge in [0.1, 0.15) is 11.8 Å². The molecule has 1 aliphatic heterocycles. The summed E-state index contributed by atoms with van der Waals surface area (Å²) in [6.07, 6.45) is -5.60. The van der Waals surface area contributed by atoms with E-state index in [1.54, 1.807) is 0 Å². The summed E-state index contributed by atoms with van der Waals surface area (Å²) in [6, 6.07) is 4.30. The average Bonchev–Trinajstić information content (AvgIpc) is 3.23. The molecule has 46 heavy (non-hydrogen) atoms. The van der Waals surface area contributed by atoms with Crippen LogP contribution in [-0.2, 0) is 18.7 Å². The van der Waals surface area contributed by atoms with Gasteiger partial charge in [0.2, 0.25) is 5.82 Å². The number of alkyl halides is 3. The maximum atomic E-state index is 15.5. The van der Waals surface area contributed by atoms with Gasteiger partial charge in [-0.05, 0) is 43.3 Å². The number of carbonyl (C=O) groups is 2. The van der Waals surface area contributed by atoms with Crippen LogP contribution in [-0.4, -0.2) is 69.9 Å². The number of rotatable bonds is 12. The van der Waals surface area contributed by atoms with Crippen molar-refractivity contribution in [3.8, 4) is 5.75 Å². The monoisotopic (exact) mass is 675 g/mol. The Morgan fingerprint density at radius 2 is 1.78 bits per heavy atom. The Labute approximate surface area is 266 Å². The van der Waals surface area contributed by atoms with Gasteiger partial charge in [-0.3, -0.25) is 14.6 Å². The van der Waals surface area contributed by atoms with Gasteiger partial charge in [-0.25, -0.2) is 4.39 Å². The number of methoxy groups -OCH3 is 1. The number of anilines is 1. The van der Waals surface area contributed by atoms with Gasteiger partial charge in [-0.15, -0.1) is 0 Å².